The zero-order chi connectivity index (χ0) is 15.2. The summed E-state index contributed by atoms with van der Waals surface area (Å²) in [5, 5.41) is 10.9. The summed E-state index contributed by atoms with van der Waals surface area (Å²) in [5.41, 5.74) is 1.96. The fourth-order valence-electron chi connectivity index (χ4n) is 2.87. The van der Waals surface area contributed by atoms with Crippen LogP contribution in [0.25, 0.3) is 33.4 Å². The molecule has 0 aliphatic rings. The SMILES string of the molecule is c1ccc2c(c1)[nH]c1c(-n3ccnc3)nnc(-n3ccnc3)c12. The second kappa shape index (κ2) is 4.51. The standard InChI is InChI=1S/C16H11N7/c1-2-4-12-11(3-1)13-14(19-12)16(23-8-6-18-10-23)21-20-15(13)22-7-5-17-9-22/h1-10,19H. The molecule has 0 saturated heterocycles. The van der Waals surface area contributed by atoms with Gasteiger partial charge >= 0.3 is 0 Å². The summed E-state index contributed by atoms with van der Waals surface area (Å²) in [6.07, 6.45) is 10.6. The molecular formula is C16H11N7. The summed E-state index contributed by atoms with van der Waals surface area (Å²) in [7, 11) is 0. The van der Waals surface area contributed by atoms with Crippen LogP contribution in [0.1, 0.15) is 0 Å². The highest BCUT2D eigenvalue weighted by Gasteiger charge is 2.17. The molecule has 0 fully saturated rings. The van der Waals surface area contributed by atoms with Crippen LogP contribution in [0.5, 0.6) is 0 Å². The molecule has 7 nitrogen and oxygen atoms in total. The Morgan fingerprint density at radius 3 is 2.26 bits per heavy atom. The monoisotopic (exact) mass is 301 g/mol. The highest BCUT2D eigenvalue weighted by molar-refractivity contribution is 6.12. The quantitative estimate of drug-likeness (QED) is 0.543. The maximum atomic E-state index is 4.43. The molecule has 4 heterocycles. The number of imidazole rings is 2. The lowest BCUT2D eigenvalue weighted by molar-refractivity contribution is 0.882. The molecule has 4 aromatic heterocycles. The van der Waals surface area contributed by atoms with Crippen LogP contribution in [0.15, 0.2) is 61.7 Å². The number of nitrogens with zero attached hydrogens (tertiary/aromatic N) is 6. The number of benzene rings is 1. The van der Waals surface area contributed by atoms with Gasteiger partial charge in [0.15, 0.2) is 11.6 Å². The van der Waals surface area contributed by atoms with E-state index in [2.05, 4.69) is 31.2 Å². The van der Waals surface area contributed by atoms with Gasteiger partial charge in [0.05, 0.1) is 10.9 Å². The Balaban J connectivity index is 1.96. The summed E-state index contributed by atoms with van der Waals surface area (Å²) >= 11 is 0. The van der Waals surface area contributed by atoms with Crippen LogP contribution in [0.2, 0.25) is 0 Å². The second-order valence-corrected chi connectivity index (χ2v) is 5.21. The van der Waals surface area contributed by atoms with Crippen molar-refractivity contribution in [3.8, 4) is 11.6 Å². The number of nitrogens with one attached hydrogen (secondary N) is 1. The minimum atomic E-state index is 0.720. The van der Waals surface area contributed by atoms with Crippen LogP contribution < -0.4 is 0 Å². The molecule has 0 radical (unpaired) electrons. The first-order valence-corrected chi connectivity index (χ1v) is 7.15. The van der Waals surface area contributed by atoms with Gasteiger partial charge in [-0.15, -0.1) is 10.2 Å². The van der Waals surface area contributed by atoms with Gasteiger partial charge in [-0.25, -0.2) is 9.97 Å². The Morgan fingerprint density at radius 1 is 0.826 bits per heavy atom. The van der Waals surface area contributed by atoms with Crippen molar-refractivity contribution < 1.29 is 0 Å². The molecule has 23 heavy (non-hydrogen) atoms. The maximum absolute atomic E-state index is 4.43. The fraction of sp³-hybridized carbons (Fsp3) is 0. The number of hydrogen-bond acceptors (Lipinski definition) is 4. The minimum Gasteiger partial charge on any atom is -0.351 e. The number of aromatic amines is 1. The second-order valence-electron chi connectivity index (χ2n) is 5.21. The zero-order valence-electron chi connectivity index (χ0n) is 12.0. The number of fused-ring (bicyclic) bond motifs is 3. The van der Waals surface area contributed by atoms with E-state index in [1.54, 1.807) is 25.0 Å². The van der Waals surface area contributed by atoms with Crippen LogP contribution >= 0.6 is 0 Å². The average Bonchev–Trinajstić information content (AvgIpc) is 3.33. The van der Waals surface area contributed by atoms with Crippen molar-refractivity contribution in [2.24, 2.45) is 0 Å². The highest BCUT2D eigenvalue weighted by atomic mass is 15.3. The third-order valence-corrected chi connectivity index (χ3v) is 3.89. The van der Waals surface area contributed by atoms with Gasteiger partial charge in [-0.05, 0) is 6.07 Å². The molecular weight excluding hydrogens is 290 g/mol. The van der Waals surface area contributed by atoms with Crippen molar-refractivity contribution in [1.29, 1.82) is 0 Å². The lowest BCUT2D eigenvalue weighted by Gasteiger charge is -2.06. The maximum Gasteiger partial charge on any atom is 0.185 e. The Hall–Kier alpha value is -3.48. The van der Waals surface area contributed by atoms with Crippen molar-refractivity contribution >= 4 is 21.8 Å². The molecule has 1 aromatic carbocycles. The van der Waals surface area contributed by atoms with Crippen molar-refractivity contribution in [3.05, 3.63) is 61.7 Å². The molecule has 0 bridgehead atoms. The van der Waals surface area contributed by atoms with E-state index in [1.165, 1.54) is 0 Å². The van der Waals surface area contributed by atoms with Crippen LogP contribution in [0, 0.1) is 0 Å². The van der Waals surface area contributed by atoms with Crippen LogP contribution in [-0.2, 0) is 0 Å². The van der Waals surface area contributed by atoms with Gasteiger partial charge in [0.25, 0.3) is 0 Å². The van der Waals surface area contributed by atoms with Crippen molar-refractivity contribution in [2.45, 2.75) is 0 Å². The third kappa shape index (κ3) is 1.70. The Labute approximate surface area is 130 Å². The molecule has 0 aliphatic carbocycles. The average molecular weight is 301 g/mol. The van der Waals surface area contributed by atoms with E-state index in [9.17, 15) is 0 Å². The number of rotatable bonds is 2. The van der Waals surface area contributed by atoms with E-state index in [0.29, 0.717) is 0 Å². The van der Waals surface area contributed by atoms with Crippen LogP contribution in [-0.4, -0.2) is 34.3 Å². The van der Waals surface area contributed by atoms with Gasteiger partial charge in [0.1, 0.15) is 12.7 Å². The molecule has 0 spiro atoms. The number of para-hydroxylation sites is 1. The zero-order valence-corrected chi connectivity index (χ0v) is 12.0. The Morgan fingerprint density at radius 2 is 1.52 bits per heavy atom. The molecule has 1 N–H and O–H groups in total. The molecule has 0 saturated carbocycles. The molecule has 7 heteroatoms. The first-order chi connectivity index (χ1) is 11.4. The van der Waals surface area contributed by atoms with Gasteiger partial charge in [-0.2, -0.15) is 0 Å². The normalized spacial score (nSPS) is 11.5. The Kier molecular flexibility index (Phi) is 2.37. The van der Waals surface area contributed by atoms with Gasteiger partial charge in [0, 0.05) is 35.7 Å². The largest absolute Gasteiger partial charge is 0.351 e. The molecule has 0 unspecified atom stereocenters. The van der Waals surface area contributed by atoms with Gasteiger partial charge in [-0.1, -0.05) is 18.2 Å². The number of H-pyrrole nitrogens is 1. The number of aromatic nitrogens is 7. The van der Waals surface area contributed by atoms with Crippen molar-refractivity contribution in [2.75, 3.05) is 0 Å². The van der Waals surface area contributed by atoms with E-state index < -0.39 is 0 Å². The van der Waals surface area contributed by atoms with E-state index >= 15 is 0 Å². The fourth-order valence-corrected chi connectivity index (χ4v) is 2.87. The lowest BCUT2D eigenvalue weighted by Crippen LogP contribution is -2.03. The van der Waals surface area contributed by atoms with E-state index in [0.717, 1.165) is 33.4 Å². The van der Waals surface area contributed by atoms with E-state index in [1.807, 2.05) is 39.7 Å². The molecule has 110 valence electrons. The predicted molar refractivity (Wildman–Crippen MR) is 85.6 cm³/mol. The number of hydrogen-bond donors (Lipinski definition) is 1. The van der Waals surface area contributed by atoms with Gasteiger partial charge in [0.2, 0.25) is 0 Å². The Bertz CT molecular complexity index is 1100. The summed E-state index contributed by atoms with van der Waals surface area (Å²) in [6.45, 7) is 0. The summed E-state index contributed by atoms with van der Waals surface area (Å²) < 4.78 is 3.72. The molecule has 0 atom stereocenters. The van der Waals surface area contributed by atoms with E-state index in [4.69, 9.17) is 0 Å². The molecule has 5 aromatic rings. The predicted octanol–water partition coefficient (Wildman–Crippen LogP) is 2.48. The van der Waals surface area contributed by atoms with Crippen LogP contribution in [0.3, 0.4) is 0 Å². The van der Waals surface area contributed by atoms with Crippen LogP contribution in [0.4, 0.5) is 0 Å². The first-order valence-electron chi connectivity index (χ1n) is 7.15. The minimum absolute atomic E-state index is 0.720. The van der Waals surface area contributed by atoms with Gasteiger partial charge in [-0.3, -0.25) is 9.13 Å². The summed E-state index contributed by atoms with van der Waals surface area (Å²) in [6, 6.07) is 8.15. The molecule has 0 amide bonds. The summed E-state index contributed by atoms with van der Waals surface area (Å²) in [4.78, 5) is 11.7. The third-order valence-electron chi connectivity index (χ3n) is 3.89. The van der Waals surface area contributed by atoms with Crippen molar-refractivity contribution in [1.82, 2.24) is 34.3 Å². The topological polar surface area (TPSA) is 77.2 Å². The van der Waals surface area contributed by atoms with E-state index in [-0.39, 0.29) is 0 Å². The lowest BCUT2D eigenvalue weighted by atomic mass is 10.2. The first kappa shape index (κ1) is 12.1. The summed E-state index contributed by atoms with van der Waals surface area (Å²) in [5.74, 6) is 1.47. The smallest absolute Gasteiger partial charge is 0.185 e. The highest BCUT2D eigenvalue weighted by Crippen LogP contribution is 2.31. The molecule has 0 aliphatic heterocycles. The molecule has 5 rings (SSSR count). The van der Waals surface area contributed by atoms with Gasteiger partial charge < -0.3 is 4.98 Å². The van der Waals surface area contributed by atoms with Crippen molar-refractivity contribution in [3.63, 3.8) is 0 Å².